The summed E-state index contributed by atoms with van der Waals surface area (Å²) in [4.78, 5) is 10.5. The smallest absolute Gasteiger partial charge is 0.145 e. The topological polar surface area (TPSA) is 26.3 Å². The zero-order chi connectivity index (χ0) is 13.5. The van der Waals surface area contributed by atoms with Crippen molar-refractivity contribution in [1.82, 2.24) is 0 Å². The second kappa shape index (κ2) is 6.55. The number of hydrogen-bond acceptors (Lipinski definition) is 2. The summed E-state index contributed by atoms with van der Waals surface area (Å²) in [6.07, 6.45) is 2.69. The molecule has 0 aliphatic carbocycles. The van der Waals surface area contributed by atoms with Crippen LogP contribution in [0.4, 0.5) is 0 Å². The highest BCUT2D eigenvalue weighted by molar-refractivity contribution is 5.80. The molecule has 0 atom stereocenters. The Labute approximate surface area is 113 Å². The Hall–Kier alpha value is -2.35. The van der Waals surface area contributed by atoms with Crippen LogP contribution in [0.1, 0.15) is 18.1 Å². The summed E-state index contributed by atoms with van der Waals surface area (Å²) in [5.41, 5.74) is 2.85. The molecule has 2 rings (SSSR count). The molecule has 0 unspecified atom stereocenters. The first-order valence-corrected chi connectivity index (χ1v) is 6.18. The Kier molecular flexibility index (Phi) is 4.51. The summed E-state index contributed by atoms with van der Waals surface area (Å²) in [7, 11) is 0. The van der Waals surface area contributed by atoms with Crippen molar-refractivity contribution in [2.45, 2.75) is 13.5 Å². The van der Waals surface area contributed by atoms with E-state index in [1.807, 2.05) is 60.7 Å². The molecule has 2 aromatic carbocycles. The van der Waals surface area contributed by atoms with Gasteiger partial charge in [-0.3, -0.25) is 4.79 Å². The van der Waals surface area contributed by atoms with E-state index in [1.54, 1.807) is 6.92 Å². The number of benzene rings is 2. The van der Waals surface area contributed by atoms with Gasteiger partial charge in [0.25, 0.3) is 0 Å². The molecular formula is C17H16O2. The van der Waals surface area contributed by atoms with Gasteiger partial charge in [0.05, 0.1) is 0 Å². The Morgan fingerprint density at radius 2 is 1.74 bits per heavy atom. The normalized spacial score (nSPS) is 11.1. The van der Waals surface area contributed by atoms with Crippen molar-refractivity contribution in [3.05, 3.63) is 71.3 Å². The molecule has 0 heterocycles. The monoisotopic (exact) mass is 252 g/mol. The highest BCUT2D eigenvalue weighted by Crippen LogP contribution is 2.15. The van der Waals surface area contributed by atoms with Gasteiger partial charge in [0.2, 0.25) is 0 Å². The Morgan fingerprint density at radius 1 is 1.05 bits per heavy atom. The van der Waals surface area contributed by atoms with E-state index in [4.69, 9.17) is 4.74 Å². The van der Waals surface area contributed by atoms with E-state index >= 15 is 0 Å². The van der Waals surface area contributed by atoms with Crippen LogP contribution in [-0.2, 0) is 11.4 Å². The van der Waals surface area contributed by atoms with Crippen molar-refractivity contribution in [2.75, 3.05) is 0 Å². The lowest BCUT2D eigenvalue weighted by Gasteiger charge is -2.06. The Morgan fingerprint density at radius 3 is 2.37 bits per heavy atom. The van der Waals surface area contributed by atoms with Crippen molar-refractivity contribution in [1.29, 1.82) is 0 Å². The Bertz CT molecular complexity index is 554. The van der Waals surface area contributed by atoms with Gasteiger partial charge in [-0.1, -0.05) is 42.5 Å². The predicted octanol–water partition coefficient (Wildman–Crippen LogP) is 3.87. The number of carbonyl (C=O) groups is 1. The number of ether oxygens (including phenoxy) is 1. The van der Waals surface area contributed by atoms with Crippen molar-refractivity contribution in [3.63, 3.8) is 0 Å². The van der Waals surface area contributed by atoms with E-state index in [-0.39, 0.29) is 0 Å². The van der Waals surface area contributed by atoms with Gasteiger partial charge in [-0.15, -0.1) is 0 Å². The predicted molar refractivity (Wildman–Crippen MR) is 76.9 cm³/mol. The molecule has 0 aliphatic heterocycles. The standard InChI is InChI=1S/C17H16O2/c1-14(12-18)11-15-7-9-17(10-8-15)19-13-16-5-3-2-4-6-16/h2-12H,13H2,1H3/b14-11+. The van der Waals surface area contributed by atoms with Crippen LogP contribution in [0.3, 0.4) is 0 Å². The van der Waals surface area contributed by atoms with Crippen molar-refractivity contribution >= 4 is 12.4 Å². The maximum Gasteiger partial charge on any atom is 0.145 e. The third kappa shape index (κ3) is 4.11. The molecule has 0 amide bonds. The van der Waals surface area contributed by atoms with E-state index in [2.05, 4.69) is 0 Å². The zero-order valence-corrected chi connectivity index (χ0v) is 10.9. The average molecular weight is 252 g/mol. The minimum Gasteiger partial charge on any atom is -0.489 e. The minimum atomic E-state index is 0.559. The number of rotatable bonds is 5. The van der Waals surface area contributed by atoms with Crippen LogP contribution in [0.25, 0.3) is 6.08 Å². The Balaban J connectivity index is 1.97. The molecule has 0 aromatic heterocycles. The number of hydrogen-bond donors (Lipinski definition) is 0. The zero-order valence-electron chi connectivity index (χ0n) is 10.9. The summed E-state index contributed by atoms with van der Waals surface area (Å²) in [6, 6.07) is 17.7. The lowest BCUT2D eigenvalue weighted by molar-refractivity contribution is -0.104. The lowest BCUT2D eigenvalue weighted by Crippen LogP contribution is -1.94. The van der Waals surface area contributed by atoms with E-state index < -0.39 is 0 Å². The number of aldehydes is 1. The first kappa shape index (κ1) is 13.1. The summed E-state index contributed by atoms with van der Waals surface area (Å²) in [6.45, 7) is 2.34. The summed E-state index contributed by atoms with van der Waals surface area (Å²) in [5, 5.41) is 0. The highest BCUT2D eigenvalue weighted by Gasteiger charge is 1.96. The minimum absolute atomic E-state index is 0.559. The molecule has 0 bridgehead atoms. The van der Waals surface area contributed by atoms with E-state index in [0.29, 0.717) is 12.2 Å². The molecule has 0 radical (unpaired) electrons. The fourth-order valence-electron chi connectivity index (χ4n) is 1.70. The molecule has 0 spiro atoms. The average Bonchev–Trinajstić information content (AvgIpc) is 2.47. The van der Waals surface area contributed by atoms with Gasteiger partial charge in [0, 0.05) is 0 Å². The molecule has 0 saturated heterocycles. The van der Waals surface area contributed by atoms with Gasteiger partial charge >= 0.3 is 0 Å². The van der Waals surface area contributed by atoms with Crippen LogP contribution in [0.5, 0.6) is 5.75 Å². The lowest BCUT2D eigenvalue weighted by atomic mass is 10.1. The fraction of sp³-hybridized carbons (Fsp3) is 0.118. The SMILES string of the molecule is C/C(C=O)=C\c1ccc(OCc2ccccc2)cc1. The van der Waals surface area contributed by atoms with Crippen LogP contribution in [0.15, 0.2) is 60.2 Å². The molecule has 0 N–H and O–H groups in total. The maximum atomic E-state index is 10.5. The molecule has 0 fully saturated rings. The molecule has 2 nitrogen and oxygen atoms in total. The first-order chi connectivity index (χ1) is 9.28. The van der Waals surface area contributed by atoms with Crippen LogP contribution in [-0.4, -0.2) is 6.29 Å². The number of carbonyl (C=O) groups excluding carboxylic acids is 1. The van der Waals surface area contributed by atoms with Gasteiger partial charge in [0.1, 0.15) is 18.6 Å². The van der Waals surface area contributed by atoms with Crippen LogP contribution in [0.2, 0.25) is 0 Å². The second-order valence-corrected chi connectivity index (χ2v) is 4.35. The van der Waals surface area contributed by atoms with Gasteiger partial charge in [-0.05, 0) is 41.8 Å². The van der Waals surface area contributed by atoms with E-state index in [9.17, 15) is 4.79 Å². The van der Waals surface area contributed by atoms with E-state index in [0.717, 1.165) is 23.2 Å². The van der Waals surface area contributed by atoms with Crippen LogP contribution in [0, 0.1) is 0 Å². The maximum absolute atomic E-state index is 10.5. The summed E-state index contributed by atoms with van der Waals surface area (Å²) in [5.74, 6) is 0.824. The summed E-state index contributed by atoms with van der Waals surface area (Å²) < 4.78 is 5.69. The quantitative estimate of drug-likeness (QED) is 0.596. The van der Waals surface area contributed by atoms with Crippen LogP contribution < -0.4 is 4.74 Å². The van der Waals surface area contributed by atoms with Crippen molar-refractivity contribution in [3.8, 4) is 5.75 Å². The molecular weight excluding hydrogens is 236 g/mol. The fourth-order valence-corrected chi connectivity index (χ4v) is 1.70. The third-order valence-electron chi connectivity index (χ3n) is 2.71. The van der Waals surface area contributed by atoms with Crippen molar-refractivity contribution < 1.29 is 9.53 Å². The van der Waals surface area contributed by atoms with Crippen LogP contribution >= 0.6 is 0 Å². The molecule has 96 valence electrons. The molecule has 0 saturated carbocycles. The van der Waals surface area contributed by atoms with E-state index in [1.165, 1.54) is 0 Å². The van der Waals surface area contributed by atoms with Crippen molar-refractivity contribution in [2.24, 2.45) is 0 Å². The van der Waals surface area contributed by atoms with Gasteiger partial charge in [-0.2, -0.15) is 0 Å². The molecule has 2 heteroatoms. The molecule has 2 aromatic rings. The second-order valence-electron chi connectivity index (χ2n) is 4.35. The number of allylic oxidation sites excluding steroid dienone is 1. The van der Waals surface area contributed by atoms with Gasteiger partial charge in [0.15, 0.2) is 0 Å². The third-order valence-corrected chi connectivity index (χ3v) is 2.71. The molecule has 0 aliphatic rings. The van der Waals surface area contributed by atoms with Gasteiger partial charge in [-0.25, -0.2) is 0 Å². The molecule has 19 heavy (non-hydrogen) atoms. The highest BCUT2D eigenvalue weighted by atomic mass is 16.5. The van der Waals surface area contributed by atoms with Gasteiger partial charge < -0.3 is 4.74 Å². The summed E-state index contributed by atoms with van der Waals surface area (Å²) >= 11 is 0. The first-order valence-electron chi connectivity index (χ1n) is 6.18. The largest absolute Gasteiger partial charge is 0.489 e.